The molecule has 0 unspecified atom stereocenters. The van der Waals surface area contributed by atoms with Gasteiger partial charge in [0.2, 0.25) is 10.0 Å². The van der Waals surface area contributed by atoms with Gasteiger partial charge in [-0.3, -0.25) is 10.1 Å². The molecule has 12 heteroatoms. The van der Waals surface area contributed by atoms with Crippen LogP contribution < -0.4 is 15.2 Å². The van der Waals surface area contributed by atoms with Gasteiger partial charge in [-0.2, -0.15) is 0 Å². The quantitative estimate of drug-likeness (QED) is 0.549. The maximum absolute atomic E-state index is 13.0. The van der Waals surface area contributed by atoms with Gasteiger partial charge in [0, 0.05) is 0 Å². The topological polar surface area (TPSA) is 125 Å². The molecule has 0 aliphatic heterocycles. The van der Waals surface area contributed by atoms with Gasteiger partial charge in [-0.1, -0.05) is 0 Å². The third-order valence-corrected chi connectivity index (χ3v) is 3.92. The van der Waals surface area contributed by atoms with Crippen LogP contribution in [0, 0.1) is 10.1 Å². The number of nitro benzene ring substituents is 1. The molecule has 22 heavy (non-hydrogen) atoms. The fraction of sp³-hybridized carbons (Fsp3) is 0.400. The van der Waals surface area contributed by atoms with E-state index < -0.39 is 44.5 Å². The van der Waals surface area contributed by atoms with Gasteiger partial charge >= 0.3 is 0 Å². The fourth-order valence-electron chi connectivity index (χ4n) is 1.34. The number of halogens is 3. The van der Waals surface area contributed by atoms with Crippen LogP contribution in [0.3, 0.4) is 0 Å². The lowest BCUT2D eigenvalue weighted by molar-refractivity contribution is -0.387. The minimum absolute atomic E-state index is 0. The summed E-state index contributed by atoms with van der Waals surface area (Å²) in [5.74, 6) is -3.39. The van der Waals surface area contributed by atoms with Crippen LogP contribution in [0.2, 0.25) is 0 Å². The Balaban J connectivity index is 0.00000441. The molecular formula is C10H14ClF2N3O5S. The molecule has 0 heterocycles. The number of hydrogen-bond donors (Lipinski definition) is 2. The summed E-state index contributed by atoms with van der Waals surface area (Å²) < 4.78 is 56.1. The Morgan fingerprint density at radius 2 is 2.05 bits per heavy atom. The van der Waals surface area contributed by atoms with E-state index in [-0.39, 0.29) is 18.2 Å². The molecule has 0 saturated heterocycles. The summed E-state index contributed by atoms with van der Waals surface area (Å²) in [6.45, 7) is -2.31. The van der Waals surface area contributed by atoms with Crippen LogP contribution in [0.1, 0.15) is 0 Å². The molecule has 0 amide bonds. The van der Waals surface area contributed by atoms with Gasteiger partial charge in [-0.15, -0.1) is 12.4 Å². The zero-order valence-electron chi connectivity index (χ0n) is 11.3. The van der Waals surface area contributed by atoms with E-state index >= 15 is 0 Å². The van der Waals surface area contributed by atoms with Gasteiger partial charge in [0.25, 0.3) is 11.6 Å². The normalized spacial score (nSPS) is 11.6. The number of methoxy groups -OCH3 is 1. The molecule has 0 aliphatic rings. The second-order valence-corrected chi connectivity index (χ2v) is 5.71. The van der Waals surface area contributed by atoms with Crippen LogP contribution in [-0.2, 0) is 10.0 Å². The number of nitrogens with zero attached hydrogens (tertiary/aromatic N) is 1. The van der Waals surface area contributed by atoms with E-state index in [0.717, 1.165) is 12.1 Å². The van der Waals surface area contributed by atoms with Gasteiger partial charge in [0.15, 0.2) is 4.90 Å². The van der Waals surface area contributed by atoms with Gasteiger partial charge in [-0.05, 0) is 12.1 Å². The zero-order valence-corrected chi connectivity index (χ0v) is 12.9. The SMILES string of the molecule is COc1ccc(S(=O)(=O)NCC(F)(F)CN)c([N+](=O)[O-])c1.Cl. The molecule has 0 atom stereocenters. The standard InChI is InChI=1S/C10H13F2N3O5S.ClH/c1-20-7-2-3-9(8(4-7)15(16)17)21(18,19)14-6-10(11,12)5-13;/h2-4,14H,5-6,13H2,1H3;1H. The molecule has 0 saturated carbocycles. The molecule has 0 spiro atoms. The van der Waals surface area contributed by atoms with Crippen LogP contribution in [-0.4, -0.2) is 39.5 Å². The Morgan fingerprint density at radius 3 is 2.50 bits per heavy atom. The largest absolute Gasteiger partial charge is 0.497 e. The van der Waals surface area contributed by atoms with Crippen molar-refractivity contribution >= 4 is 28.1 Å². The van der Waals surface area contributed by atoms with Crippen LogP contribution in [0.4, 0.5) is 14.5 Å². The lowest BCUT2D eigenvalue weighted by Crippen LogP contribution is -2.41. The van der Waals surface area contributed by atoms with E-state index in [9.17, 15) is 27.3 Å². The molecule has 0 aliphatic carbocycles. The van der Waals surface area contributed by atoms with Crippen molar-refractivity contribution in [2.24, 2.45) is 5.73 Å². The molecule has 0 aromatic heterocycles. The Hall–Kier alpha value is -1.56. The zero-order chi connectivity index (χ0) is 16.3. The number of ether oxygens (including phenoxy) is 1. The van der Waals surface area contributed by atoms with Gasteiger partial charge in [0.1, 0.15) is 5.75 Å². The van der Waals surface area contributed by atoms with Crippen LogP contribution in [0.15, 0.2) is 23.1 Å². The summed E-state index contributed by atoms with van der Waals surface area (Å²) in [4.78, 5) is 9.20. The molecule has 0 radical (unpaired) electrons. The number of alkyl halides is 2. The van der Waals surface area contributed by atoms with Crippen LogP contribution >= 0.6 is 12.4 Å². The average Bonchev–Trinajstić information content (AvgIpc) is 2.44. The minimum Gasteiger partial charge on any atom is -0.497 e. The van der Waals surface area contributed by atoms with Crippen LogP contribution in [0.25, 0.3) is 0 Å². The second kappa shape index (κ2) is 7.63. The number of nitrogens with two attached hydrogens (primary N) is 1. The van der Waals surface area contributed by atoms with Gasteiger partial charge < -0.3 is 10.5 Å². The lowest BCUT2D eigenvalue weighted by Gasteiger charge is -2.15. The summed E-state index contributed by atoms with van der Waals surface area (Å²) in [6, 6.07) is 2.96. The highest BCUT2D eigenvalue weighted by atomic mass is 35.5. The number of sulfonamides is 1. The summed E-state index contributed by atoms with van der Waals surface area (Å²) in [6.07, 6.45) is 0. The molecule has 1 rings (SSSR count). The Kier molecular flexibility index (Phi) is 7.09. The number of nitro groups is 1. The first-order valence-electron chi connectivity index (χ1n) is 5.53. The van der Waals surface area contributed by atoms with Gasteiger partial charge in [-0.25, -0.2) is 21.9 Å². The Bertz CT molecular complexity index is 641. The Morgan fingerprint density at radius 1 is 1.45 bits per heavy atom. The summed E-state index contributed by atoms with van der Waals surface area (Å²) >= 11 is 0. The van der Waals surface area contributed by atoms with Crippen molar-refractivity contribution in [3.63, 3.8) is 0 Å². The second-order valence-electron chi connectivity index (χ2n) is 3.98. The number of rotatable bonds is 7. The third-order valence-electron chi connectivity index (χ3n) is 2.47. The molecule has 1 aromatic rings. The number of benzene rings is 1. The van der Waals surface area contributed by atoms with E-state index in [2.05, 4.69) is 0 Å². The predicted octanol–water partition coefficient (Wildman–Crippen LogP) is 0.897. The molecule has 8 nitrogen and oxygen atoms in total. The molecule has 1 aromatic carbocycles. The van der Waals surface area contributed by atoms with Gasteiger partial charge in [0.05, 0.1) is 31.2 Å². The molecular weight excluding hydrogens is 348 g/mol. The molecule has 0 bridgehead atoms. The highest BCUT2D eigenvalue weighted by Gasteiger charge is 2.32. The maximum atomic E-state index is 13.0. The summed E-state index contributed by atoms with van der Waals surface area (Å²) in [5.41, 5.74) is 4.00. The van der Waals surface area contributed by atoms with E-state index in [1.54, 1.807) is 4.72 Å². The first-order chi connectivity index (χ1) is 9.63. The van der Waals surface area contributed by atoms with E-state index in [0.29, 0.717) is 0 Å². The third kappa shape index (κ3) is 5.02. The van der Waals surface area contributed by atoms with E-state index in [4.69, 9.17) is 10.5 Å². The van der Waals surface area contributed by atoms with E-state index in [1.807, 2.05) is 0 Å². The molecule has 126 valence electrons. The highest BCUT2D eigenvalue weighted by Crippen LogP contribution is 2.28. The van der Waals surface area contributed by atoms with Crippen LogP contribution in [0.5, 0.6) is 5.75 Å². The lowest BCUT2D eigenvalue weighted by atomic mass is 10.3. The average molecular weight is 362 g/mol. The fourth-order valence-corrected chi connectivity index (χ4v) is 2.56. The van der Waals surface area contributed by atoms with Crippen molar-refractivity contribution in [2.75, 3.05) is 20.2 Å². The summed E-state index contributed by atoms with van der Waals surface area (Å²) in [5, 5.41) is 10.9. The van der Waals surface area contributed by atoms with Crippen molar-refractivity contribution in [1.29, 1.82) is 0 Å². The Labute approximate surface area is 131 Å². The van der Waals surface area contributed by atoms with E-state index in [1.165, 1.54) is 13.2 Å². The number of nitrogens with one attached hydrogen (secondary N) is 1. The van der Waals surface area contributed by atoms with Crippen molar-refractivity contribution in [3.05, 3.63) is 28.3 Å². The maximum Gasteiger partial charge on any atom is 0.293 e. The van der Waals surface area contributed by atoms with Crippen molar-refractivity contribution in [3.8, 4) is 5.75 Å². The minimum atomic E-state index is -4.49. The van der Waals surface area contributed by atoms with Crippen molar-refractivity contribution in [1.82, 2.24) is 4.72 Å². The molecule has 0 fully saturated rings. The number of hydrogen-bond acceptors (Lipinski definition) is 6. The monoisotopic (exact) mass is 361 g/mol. The first-order valence-corrected chi connectivity index (χ1v) is 7.01. The molecule has 3 N–H and O–H groups in total. The summed E-state index contributed by atoms with van der Waals surface area (Å²) in [7, 11) is -3.24. The first kappa shape index (κ1) is 20.4. The highest BCUT2D eigenvalue weighted by molar-refractivity contribution is 7.89. The van der Waals surface area contributed by atoms with Crippen molar-refractivity contribution in [2.45, 2.75) is 10.8 Å². The predicted molar refractivity (Wildman–Crippen MR) is 76.1 cm³/mol. The smallest absolute Gasteiger partial charge is 0.293 e. The van der Waals surface area contributed by atoms with Crippen molar-refractivity contribution < 1.29 is 26.9 Å².